The van der Waals surface area contributed by atoms with Crippen LogP contribution in [-0.4, -0.2) is 30.0 Å². The fourth-order valence-corrected chi connectivity index (χ4v) is 3.95. The molecule has 0 spiro atoms. The third kappa shape index (κ3) is 6.33. The molecule has 1 aliphatic rings. The predicted octanol–water partition coefficient (Wildman–Crippen LogP) is 4.69. The second kappa shape index (κ2) is 10.8. The first-order chi connectivity index (χ1) is 15.7. The number of pyridine rings is 1. The number of ether oxygens (including phenoxy) is 1. The van der Waals surface area contributed by atoms with Crippen molar-refractivity contribution in [2.45, 2.75) is 45.3 Å². The molecule has 32 heavy (non-hydrogen) atoms. The van der Waals surface area contributed by atoms with Gasteiger partial charge in [-0.15, -0.1) is 0 Å². The molecule has 0 saturated carbocycles. The molecule has 0 atom stereocenters. The van der Waals surface area contributed by atoms with Crippen molar-refractivity contribution in [2.75, 3.05) is 18.0 Å². The summed E-state index contributed by atoms with van der Waals surface area (Å²) in [4.78, 5) is 19.2. The lowest BCUT2D eigenvalue weighted by atomic mass is 10.0. The van der Waals surface area contributed by atoms with Gasteiger partial charge in [0.05, 0.1) is 6.20 Å². The van der Waals surface area contributed by atoms with Crippen LogP contribution in [0.15, 0.2) is 72.9 Å². The van der Waals surface area contributed by atoms with E-state index in [0.29, 0.717) is 13.0 Å². The number of rotatable bonds is 8. The highest BCUT2D eigenvalue weighted by molar-refractivity contribution is 5.76. The van der Waals surface area contributed by atoms with Crippen LogP contribution < -0.4 is 15.0 Å². The SMILES string of the molecule is Cc1ccc(CCC(=O)NC2CCN(c3ccc(OCc4ccccc4)cn3)CC2)cc1. The van der Waals surface area contributed by atoms with Gasteiger partial charge in [0.15, 0.2) is 0 Å². The lowest BCUT2D eigenvalue weighted by Gasteiger charge is -2.33. The van der Waals surface area contributed by atoms with E-state index in [2.05, 4.69) is 46.4 Å². The molecular formula is C27H31N3O2. The van der Waals surface area contributed by atoms with Crippen molar-refractivity contribution in [1.82, 2.24) is 10.3 Å². The van der Waals surface area contributed by atoms with Crippen LogP contribution in [0.1, 0.15) is 36.0 Å². The van der Waals surface area contributed by atoms with E-state index in [4.69, 9.17) is 4.74 Å². The summed E-state index contributed by atoms with van der Waals surface area (Å²) in [6.45, 7) is 4.39. The van der Waals surface area contributed by atoms with Gasteiger partial charge >= 0.3 is 0 Å². The Bertz CT molecular complexity index is 980. The molecule has 1 aliphatic heterocycles. The van der Waals surface area contributed by atoms with E-state index in [-0.39, 0.29) is 11.9 Å². The number of benzene rings is 2. The first-order valence-corrected chi connectivity index (χ1v) is 11.4. The highest BCUT2D eigenvalue weighted by Gasteiger charge is 2.21. The Labute approximate surface area is 190 Å². The van der Waals surface area contributed by atoms with E-state index in [0.717, 1.165) is 49.5 Å². The standard InChI is InChI=1S/C27H31N3O2/c1-21-7-9-22(10-8-21)11-14-27(31)29-24-15-17-30(18-16-24)26-13-12-25(19-28-26)32-20-23-5-3-2-4-6-23/h2-10,12-13,19,24H,11,14-18,20H2,1H3,(H,29,31). The summed E-state index contributed by atoms with van der Waals surface area (Å²) in [6.07, 6.45) is 4.98. The maximum absolute atomic E-state index is 12.4. The summed E-state index contributed by atoms with van der Waals surface area (Å²) >= 11 is 0. The predicted molar refractivity (Wildman–Crippen MR) is 128 cm³/mol. The maximum atomic E-state index is 12.4. The monoisotopic (exact) mass is 429 g/mol. The first-order valence-electron chi connectivity index (χ1n) is 11.4. The first kappa shape index (κ1) is 21.9. The summed E-state index contributed by atoms with van der Waals surface area (Å²) in [5.74, 6) is 1.87. The fourth-order valence-electron chi connectivity index (χ4n) is 3.95. The highest BCUT2D eigenvalue weighted by atomic mass is 16.5. The largest absolute Gasteiger partial charge is 0.487 e. The van der Waals surface area contributed by atoms with E-state index < -0.39 is 0 Å². The van der Waals surface area contributed by atoms with Crippen LogP contribution >= 0.6 is 0 Å². The smallest absolute Gasteiger partial charge is 0.220 e. The number of carbonyl (C=O) groups is 1. The Morgan fingerprint density at radius 2 is 1.75 bits per heavy atom. The average molecular weight is 430 g/mol. The minimum absolute atomic E-state index is 0.141. The van der Waals surface area contributed by atoms with Crippen LogP contribution in [0.3, 0.4) is 0 Å². The number of nitrogens with zero attached hydrogens (tertiary/aromatic N) is 2. The number of hydrogen-bond acceptors (Lipinski definition) is 4. The number of nitrogens with one attached hydrogen (secondary N) is 1. The minimum atomic E-state index is 0.141. The van der Waals surface area contributed by atoms with Crippen molar-refractivity contribution >= 4 is 11.7 Å². The van der Waals surface area contributed by atoms with Crippen LogP contribution in [0.4, 0.5) is 5.82 Å². The Balaban J connectivity index is 1.18. The van der Waals surface area contributed by atoms with Gasteiger partial charge in [0.25, 0.3) is 0 Å². The highest BCUT2D eigenvalue weighted by Crippen LogP contribution is 2.21. The number of piperidine rings is 1. The Morgan fingerprint density at radius 1 is 1.00 bits per heavy atom. The summed E-state index contributed by atoms with van der Waals surface area (Å²) in [7, 11) is 0. The molecule has 3 aromatic rings. The lowest BCUT2D eigenvalue weighted by Crippen LogP contribution is -2.45. The molecule has 0 unspecified atom stereocenters. The van der Waals surface area contributed by atoms with Crippen LogP contribution in [0.2, 0.25) is 0 Å². The Morgan fingerprint density at radius 3 is 2.44 bits per heavy atom. The number of anilines is 1. The third-order valence-electron chi connectivity index (χ3n) is 5.91. The molecule has 0 bridgehead atoms. The molecule has 5 heteroatoms. The molecule has 1 saturated heterocycles. The van der Waals surface area contributed by atoms with Gasteiger partial charge in [-0.1, -0.05) is 60.2 Å². The number of hydrogen-bond donors (Lipinski definition) is 1. The van der Waals surface area contributed by atoms with Crippen LogP contribution in [0.25, 0.3) is 0 Å². The second-order valence-electron chi connectivity index (χ2n) is 8.44. The topological polar surface area (TPSA) is 54.5 Å². The van der Waals surface area contributed by atoms with Crippen LogP contribution in [0, 0.1) is 6.92 Å². The van der Waals surface area contributed by atoms with Gasteiger partial charge in [0, 0.05) is 25.6 Å². The zero-order valence-electron chi connectivity index (χ0n) is 18.7. The normalized spacial score (nSPS) is 14.2. The summed E-state index contributed by atoms with van der Waals surface area (Å²) in [6, 6.07) is 22.7. The number of carbonyl (C=O) groups excluding carboxylic acids is 1. The molecule has 1 fully saturated rings. The van der Waals surface area contributed by atoms with Crippen molar-refractivity contribution in [3.05, 3.63) is 89.6 Å². The van der Waals surface area contributed by atoms with E-state index >= 15 is 0 Å². The molecule has 1 N–H and O–H groups in total. The maximum Gasteiger partial charge on any atom is 0.220 e. The summed E-state index contributed by atoms with van der Waals surface area (Å²) in [5, 5.41) is 3.21. The van der Waals surface area contributed by atoms with E-state index in [1.807, 2.05) is 42.5 Å². The van der Waals surface area contributed by atoms with Gasteiger partial charge < -0.3 is 15.0 Å². The van der Waals surface area contributed by atoms with E-state index in [1.54, 1.807) is 6.20 Å². The molecule has 0 radical (unpaired) electrons. The van der Waals surface area contributed by atoms with E-state index in [1.165, 1.54) is 11.1 Å². The molecule has 166 valence electrons. The molecule has 4 rings (SSSR count). The van der Waals surface area contributed by atoms with Gasteiger partial charge in [-0.05, 0) is 49.4 Å². The molecule has 0 aliphatic carbocycles. The number of aromatic nitrogens is 1. The van der Waals surface area contributed by atoms with Crippen molar-refractivity contribution < 1.29 is 9.53 Å². The number of aryl methyl sites for hydroxylation is 2. The zero-order chi connectivity index (χ0) is 22.2. The molecule has 5 nitrogen and oxygen atoms in total. The Hall–Kier alpha value is -3.34. The zero-order valence-corrected chi connectivity index (χ0v) is 18.7. The van der Waals surface area contributed by atoms with Crippen molar-refractivity contribution in [2.24, 2.45) is 0 Å². The third-order valence-corrected chi connectivity index (χ3v) is 5.91. The van der Waals surface area contributed by atoms with Gasteiger partial charge in [-0.2, -0.15) is 0 Å². The van der Waals surface area contributed by atoms with Gasteiger partial charge in [0.2, 0.25) is 5.91 Å². The molecule has 2 heterocycles. The van der Waals surface area contributed by atoms with Gasteiger partial charge in [-0.25, -0.2) is 4.98 Å². The van der Waals surface area contributed by atoms with Gasteiger partial charge in [0.1, 0.15) is 18.2 Å². The molecule has 1 aromatic heterocycles. The molecule has 1 amide bonds. The number of amides is 1. The second-order valence-corrected chi connectivity index (χ2v) is 8.44. The van der Waals surface area contributed by atoms with E-state index in [9.17, 15) is 4.79 Å². The minimum Gasteiger partial charge on any atom is -0.487 e. The van der Waals surface area contributed by atoms with Crippen molar-refractivity contribution in [3.8, 4) is 5.75 Å². The lowest BCUT2D eigenvalue weighted by molar-refractivity contribution is -0.121. The van der Waals surface area contributed by atoms with Crippen LogP contribution in [-0.2, 0) is 17.8 Å². The quantitative estimate of drug-likeness (QED) is 0.565. The summed E-state index contributed by atoms with van der Waals surface area (Å²) < 4.78 is 5.83. The average Bonchev–Trinajstić information content (AvgIpc) is 2.84. The van der Waals surface area contributed by atoms with Crippen LogP contribution in [0.5, 0.6) is 5.75 Å². The Kier molecular flexibility index (Phi) is 7.38. The van der Waals surface area contributed by atoms with Crippen molar-refractivity contribution in [1.29, 1.82) is 0 Å². The fraction of sp³-hybridized carbons (Fsp3) is 0.333. The molecule has 2 aromatic carbocycles. The molecular weight excluding hydrogens is 398 g/mol. The van der Waals surface area contributed by atoms with Gasteiger partial charge in [-0.3, -0.25) is 4.79 Å². The van der Waals surface area contributed by atoms with Crippen molar-refractivity contribution in [3.63, 3.8) is 0 Å². The summed E-state index contributed by atoms with van der Waals surface area (Å²) in [5.41, 5.74) is 3.59.